The lowest BCUT2D eigenvalue weighted by molar-refractivity contribution is -0.0000870. The van der Waals surface area contributed by atoms with Crippen LogP contribution >= 0.6 is 11.6 Å². The second-order valence-corrected chi connectivity index (χ2v) is 9.11. The van der Waals surface area contributed by atoms with Crippen LogP contribution in [0.2, 0.25) is 5.02 Å². The first-order valence-electron chi connectivity index (χ1n) is 9.29. The number of fused-ring (bicyclic) bond motifs is 1. The molecule has 2 atom stereocenters. The maximum absolute atomic E-state index is 12.7. The van der Waals surface area contributed by atoms with Gasteiger partial charge in [-0.1, -0.05) is 11.6 Å². The van der Waals surface area contributed by atoms with Gasteiger partial charge in [0.15, 0.2) is 0 Å². The first-order chi connectivity index (χ1) is 12.1. The molecule has 2 heterocycles. The maximum Gasteiger partial charge on any atom is 0.410 e. The Morgan fingerprint density at radius 2 is 2.15 bits per heavy atom. The molecule has 5 nitrogen and oxygen atoms in total. The van der Waals surface area contributed by atoms with Crippen molar-refractivity contribution in [2.75, 3.05) is 24.6 Å². The van der Waals surface area contributed by atoms with Crippen molar-refractivity contribution in [3.05, 3.63) is 28.8 Å². The van der Waals surface area contributed by atoms with Gasteiger partial charge in [0, 0.05) is 29.8 Å². The van der Waals surface area contributed by atoms with E-state index in [1.165, 1.54) is 11.3 Å². The van der Waals surface area contributed by atoms with E-state index in [9.17, 15) is 9.90 Å². The average molecular weight is 381 g/mol. The van der Waals surface area contributed by atoms with Crippen LogP contribution in [0.3, 0.4) is 0 Å². The number of aliphatic hydroxyl groups excluding tert-OH is 1. The molecule has 1 fully saturated rings. The van der Waals surface area contributed by atoms with Gasteiger partial charge in [-0.2, -0.15) is 0 Å². The van der Waals surface area contributed by atoms with Gasteiger partial charge in [-0.3, -0.25) is 4.90 Å². The van der Waals surface area contributed by atoms with Crippen LogP contribution in [0.4, 0.5) is 10.5 Å². The molecule has 0 unspecified atom stereocenters. The molecular formula is C20H29ClN2O3. The Morgan fingerprint density at radius 1 is 1.42 bits per heavy atom. The highest BCUT2D eigenvalue weighted by Crippen LogP contribution is 2.38. The van der Waals surface area contributed by atoms with E-state index in [1.54, 1.807) is 4.90 Å². The molecule has 3 rings (SSSR count). The number of anilines is 1. The quantitative estimate of drug-likeness (QED) is 0.846. The number of halogens is 1. The number of rotatable bonds is 2. The number of aliphatic hydroxyl groups is 1. The number of hydrogen-bond acceptors (Lipinski definition) is 4. The first-order valence-corrected chi connectivity index (χ1v) is 9.67. The van der Waals surface area contributed by atoms with Gasteiger partial charge in [0.25, 0.3) is 0 Å². The molecule has 0 bridgehead atoms. The predicted molar refractivity (Wildman–Crippen MR) is 104 cm³/mol. The molecule has 0 spiro atoms. The monoisotopic (exact) mass is 380 g/mol. The van der Waals surface area contributed by atoms with Gasteiger partial charge in [0.1, 0.15) is 5.60 Å². The highest BCUT2D eigenvalue weighted by molar-refractivity contribution is 6.30. The van der Waals surface area contributed by atoms with Crippen LogP contribution in [0.15, 0.2) is 18.2 Å². The van der Waals surface area contributed by atoms with E-state index in [1.807, 2.05) is 39.8 Å². The Balaban J connectivity index is 1.84. The van der Waals surface area contributed by atoms with Gasteiger partial charge < -0.3 is 14.7 Å². The van der Waals surface area contributed by atoms with Crippen molar-refractivity contribution >= 4 is 23.4 Å². The molecule has 26 heavy (non-hydrogen) atoms. The molecule has 0 radical (unpaired) electrons. The number of amides is 1. The van der Waals surface area contributed by atoms with Crippen LogP contribution in [0.5, 0.6) is 0 Å². The molecule has 1 aromatic rings. The van der Waals surface area contributed by atoms with Crippen molar-refractivity contribution in [3.8, 4) is 0 Å². The largest absolute Gasteiger partial charge is 0.444 e. The minimum atomic E-state index is -0.614. The highest BCUT2D eigenvalue weighted by Gasteiger charge is 2.48. The van der Waals surface area contributed by atoms with Gasteiger partial charge in [-0.05, 0) is 70.7 Å². The van der Waals surface area contributed by atoms with Crippen molar-refractivity contribution in [2.45, 2.75) is 64.1 Å². The van der Waals surface area contributed by atoms with Gasteiger partial charge in [0.05, 0.1) is 12.1 Å². The zero-order valence-corrected chi connectivity index (χ0v) is 16.8. The summed E-state index contributed by atoms with van der Waals surface area (Å²) in [5, 5.41) is 10.8. The summed E-state index contributed by atoms with van der Waals surface area (Å²) in [6.07, 6.45) is 2.44. The minimum absolute atomic E-state index is 0.0793. The number of benzene rings is 1. The number of likely N-dealkylation sites (tertiary alicyclic amines) is 1. The summed E-state index contributed by atoms with van der Waals surface area (Å²) in [6, 6.07) is 6.18. The number of hydrogen-bond donors (Lipinski definition) is 1. The molecule has 0 aliphatic carbocycles. The summed E-state index contributed by atoms with van der Waals surface area (Å²) >= 11 is 6.16. The van der Waals surface area contributed by atoms with Crippen molar-refractivity contribution in [1.82, 2.24) is 4.90 Å². The smallest absolute Gasteiger partial charge is 0.410 e. The molecule has 2 aliphatic rings. The second kappa shape index (κ2) is 6.93. The van der Waals surface area contributed by atoms with Crippen LogP contribution in [-0.2, 0) is 11.2 Å². The van der Waals surface area contributed by atoms with Crippen molar-refractivity contribution < 1.29 is 14.6 Å². The number of ether oxygens (including phenoxy) is 1. The fourth-order valence-electron chi connectivity index (χ4n) is 4.06. The Morgan fingerprint density at radius 3 is 2.81 bits per heavy atom. The van der Waals surface area contributed by atoms with Crippen LogP contribution < -0.4 is 4.90 Å². The molecular weight excluding hydrogens is 352 g/mol. The molecule has 6 heteroatoms. The topological polar surface area (TPSA) is 53.0 Å². The molecule has 144 valence electrons. The van der Waals surface area contributed by atoms with E-state index in [4.69, 9.17) is 16.3 Å². The Kier molecular flexibility index (Phi) is 5.15. The molecule has 1 aromatic carbocycles. The average Bonchev–Trinajstić information content (AvgIpc) is 2.91. The van der Waals surface area contributed by atoms with Crippen molar-refractivity contribution in [2.24, 2.45) is 0 Å². The number of aryl methyl sites for hydroxylation is 1. The zero-order chi connectivity index (χ0) is 19.1. The predicted octanol–water partition coefficient (Wildman–Crippen LogP) is 3.85. The van der Waals surface area contributed by atoms with Crippen LogP contribution in [0, 0.1) is 0 Å². The number of carbonyl (C=O) groups excluding carboxylic acids is 1. The SMILES string of the molecule is CC(C)(C)OC(=O)N1C[C@H](N2CCCc3cc(Cl)ccc32)C[C@]1(C)CO. The highest BCUT2D eigenvalue weighted by atomic mass is 35.5. The number of nitrogens with zero attached hydrogens (tertiary/aromatic N) is 2. The van der Waals surface area contributed by atoms with Crippen molar-refractivity contribution in [3.63, 3.8) is 0 Å². The fraction of sp³-hybridized carbons (Fsp3) is 0.650. The van der Waals surface area contributed by atoms with Gasteiger partial charge in [0.2, 0.25) is 0 Å². The lowest BCUT2D eigenvalue weighted by Crippen LogP contribution is -2.49. The second-order valence-electron chi connectivity index (χ2n) is 8.67. The van der Waals surface area contributed by atoms with E-state index in [2.05, 4.69) is 11.0 Å². The van der Waals surface area contributed by atoms with E-state index < -0.39 is 11.1 Å². The minimum Gasteiger partial charge on any atom is -0.444 e. The molecule has 2 aliphatic heterocycles. The van der Waals surface area contributed by atoms with Gasteiger partial charge >= 0.3 is 6.09 Å². The molecule has 1 amide bonds. The number of carbonyl (C=O) groups is 1. The van der Waals surface area contributed by atoms with Gasteiger partial charge in [-0.15, -0.1) is 0 Å². The van der Waals surface area contributed by atoms with Crippen LogP contribution in [0.1, 0.15) is 46.1 Å². The third-order valence-electron chi connectivity index (χ3n) is 5.31. The summed E-state index contributed by atoms with van der Waals surface area (Å²) in [5.41, 5.74) is 1.28. The Bertz CT molecular complexity index is 688. The lowest BCUT2D eigenvalue weighted by Gasteiger charge is -2.36. The Hall–Kier alpha value is -1.46. The fourth-order valence-corrected chi connectivity index (χ4v) is 4.25. The molecule has 0 saturated carbocycles. The van der Waals surface area contributed by atoms with Crippen molar-refractivity contribution in [1.29, 1.82) is 0 Å². The summed E-state index contributed by atoms with van der Waals surface area (Å²) in [6.45, 7) is 8.93. The normalized spacial score (nSPS) is 26.0. The van der Waals surface area contributed by atoms with Crippen LogP contribution in [0.25, 0.3) is 0 Å². The summed E-state index contributed by atoms with van der Waals surface area (Å²) < 4.78 is 5.58. The summed E-state index contributed by atoms with van der Waals surface area (Å²) in [5.74, 6) is 0. The van der Waals surface area contributed by atoms with Gasteiger partial charge in [-0.25, -0.2) is 4.79 Å². The van der Waals surface area contributed by atoms with E-state index in [0.29, 0.717) is 13.0 Å². The summed E-state index contributed by atoms with van der Waals surface area (Å²) in [7, 11) is 0. The zero-order valence-electron chi connectivity index (χ0n) is 16.1. The maximum atomic E-state index is 12.7. The standard InChI is InChI=1S/C20H29ClN2O3/c1-19(2,3)26-18(25)23-12-16(11-20(23,4)13-24)22-9-5-6-14-10-15(21)7-8-17(14)22/h7-8,10,16,24H,5-6,9,11-13H2,1-4H3/t16-,20-/m1/s1. The molecule has 1 saturated heterocycles. The van der Waals surface area contributed by atoms with Crippen LogP contribution in [-0.4, -0.2) is 53.0 Å². The van der Waals surface area contributed by atoms with E-state index in [-0.39, 0.29) is 18.7 Å². The Labute approximate surface area is 160 Å². The lowest BCUT2D eigenvalue weighted by atomic mass is 9.95. The molecule has 0 aromatic heterocycles. The summed E-state index contributed by atoms with van der Waals surface area (Å²) in [4.78, 5) is 16.8. The third-order valence-corrected chi connectivity index (χ3v) is 5.55. The van der Waals surface area contributed by atoms with E-state index in [0.717, 1.165) is 24.4 Å². The third kappa shape index (κ3) is 3.79. The molecule has 1 N–H and O–H groups in total. The first kappa shape index (κ1) is 19.3. The van der Waals surface area contributed by atoms with E-state index >= 15 is 0 Å².